The van der Waals surface area contributed by atoms with Crippen molar-refractivity contribution >= 4 is 11.7 Å². The number of hydrazine groups is 1. The Morgan fingerprint density at radius 2 is 1.75 bits per heavy atom. The molecule has 102 valence electrons. The van der Waals surface area contributed by atoms with E-state index in [1.165, 1.54) is 0 Å². The maximum atomic E-state index is 12.1. The summed E-state index contributed by atoms with van der Waals surface area (Å²) in [6, 6.07) is 12.5. The van der Waals surface area contributed by atoms with Crippen LogP contribution in [0.2, 0.25) is 0 Å². The number of benzene rings is 1. The maximum absolute atomic E-state index is 12.1. The Hall–Kier alpha value is -2.53. The van der Waals surface area contributed by atoms with Crippen LogP contribution >= 0.6 is 0 Å². The van der Waals surface area contributed by atoms with E-state index in [0.717, 1.165) is 0 Å². The van der Waals surface area contributed by atoms with Crippen molar-refractivity contribution in [3.8, 4) is 0 Å². The molecule has 1 amide bonds. The van der Waals surface area contributed by atoms with Crippen LogP contribution in [-0.4, -0.2) is 18.7 Å². The molecule has 0 saturated carbocycles. The lowest BCUT2D eigenvalue weighted by atomic mass is 10.1. The number of carbonyl (C=O) groups excluding carboxylic acids is 2. The number of rotatable bonds is 5. The van der Waals surface area contributed by atoms with Crippen LogP contribution in [0, 0.1) is 0 Å². The molecule has 1 aromatic carbocycles. The van der Waals surface area contributed by atoms with Gasteiger partial charge in [0.05, 0.1) is 0 Å². The summed E-state index contributed by atoms with van der Waals surface area (Å²) < 4.78 is 1.69. The minimum atomic E-state index is -0.242. The van der Waals surface area contributed by atoms with Gasteiger partial charge in [0.15, 0.2) is 12.4 Å². The average Bonchev–Trinajstić information content (AvgIpc) is 2.48. The highest BCUT2D eigenvalue weighted by Gasteiger charge is 2.14. The molecule has 0 aliphatic carbocycles. The number of carbonyl (C=O) groups is 2. The molecule has 1 heterocycles. The molecular formula is C15H16N3O2+. The van der Waals surface area contributed by atoms with E-state index < -0.39 is 0 Å². The predicted octanol–water partition coefficient (Wildman–Crippen LogP) is 0.721. The quantitative estimate of drug-likeness (QED) is 0.478. The number of nitrogens with zero attached hydrogens (tertiary/aromatic N) is 1. The zero-order chi connectivity index (χ0) is 14.4. The number of amides is 1. The summed E-state index contributed by atoms with van der Waals surface area (Å²) in [5.74, 6) is -0.240. The highest BCUT2D eigenvalue weighted by molar-refractivity contribution is 5.95. The van der Waals surface area contributed by atoms with Crippen molar-refractivity contribution in [1.29, 1.82) is 0 Å². The highest BCUT2D eigenvalue weighted by Crippen LogP contribution is 2.00. The van der Waals surface area contributed by atoms with Gasteiger partial charge in [0, 0.05) is 18.7 Å². The van der Waals surface area contributed by atoms with Gasteiger partial charge in [-0.15, -0.1) is 0 Å². The summed E-state index contributed by atoms with van der Waals surface area (Å²) in [5, 5.41) is 0. The second-order valence-corrected chi connectivity index (χ2v) is 4.26. The summed E-state index contributed by atoms with van der Waals surface area (Å²) in [4.78, 5) is 23.8. The minimum absolute atomic E-state index is 0.00164. The number of hydrogen-bond acceptors (Lipinski definition) is 3. The molecule has 2 aromatic rings. The summed E-state index contributed by atoms with van der Waals surface area (Å²) >= 11 is 0. The summed E-state index contributed by atoms with van der Waals surface area (Å²) in [6.45, 7) is 0.199. The second kappa shape index (κ2) is 6.58. The van der Waals surface area contributed by atoms with E-state index in [1.807, 2.05) is 18.2 Å². The van der Waals surface area contributed by atoms with Crippen molar-refractivity contribution in [2.24, 2.45) is 0 Å². The average molecular weight is 270 g/mol. The van der Waals surface area contributed by atoms with Crippen LogP contribution in [0.5, 0.6) is 0 Å². The lowest BCUT2D eigenvalue weighted by molar-refractivity contribution is -0.683. The van der Waals surface area contributed by atoms with Gasteiger partial charge in [-0.05, 0) is 6.07 Å². The SMILES string of the molecule is CNNC(=O)c1ccc[n+](CC(=O)c2ccccc2)c1. The largest absolute Gasteiger partial charge is 0.288 e. The van der Waals surface area contributed by atoms with Crippen LogP contribution in [-0.2, 0) is 6.54 Å². The number of nitrogens with one attached hydrogen (secondary N) is 2. The fourth-order valence-corrected chi connectivity index (χ4v) is 1.82. The first-order valence-electron chi connectivity index (χ1n) is 6.25. The van der Waals surface area contributed by atoms with Crippen molar-refractivity contribution in [3.05, 3.63) is 66.0 Å². The molecule has 0 fully saturated rings. The Kier molecular flexibility index (Phi) is 4.57. The fourth-order valence-electron chi connectivity index (χ4n) is 1.82. The van der Waals surface area contributed by atoms with E-state index in [9.17, 15) is 9.59 Å². The van der Waals surface area contributed by atoms with Crippen molar-refractivity contribution in [1.82, 2.24) is 10.9 Å². The normalized spacial score (nSPS) is 10.1. The molecule has 5 nitrogen and oxygen atoms in total. The molecule has 0 radical (unpaired) electrons. The van der Waals surface area contributed by atoms with Crippen LogP contribution in [0.15, 0.2) is 54.9 Å². The third-order valence-electron chi connectivity index (χ3n) is 2.78. The molecule has 0 unspecified atom stereocenters. The van der Waals surface area contributed by atoms with Gasteiger partial charge in [0.25, 0.3) is 5.91 Å². The van der Waals surface area contributed by atoms with Gasteiger partial charge in [0.1, 0.15) is 5.56 Å². The topological polar surface area (TPSA) is 62.1 Å². The van der Waals surface area contributed by atoms with E-state index >= 15 is 0 Å². The van der Waals surface area contributed by atoms with E-state index in [1.54, 1.807) is 48.3 Å². The van der Waals surface area contributed by atoms with Crippen molar-refractivity contribution < 1.29 is 14.2 Å². The van der Waals surface area contributed by atoms with Gasteiger partial charge >= 0.3 is 0 Å². The number of pyridine rings is 1. The van der Waals surface area contributed by atoms with Gasteiger partial charge in [-0.3, -0.25) is 15.0 Å². The van der Waals surface area contributed by atoms with Gasteiger partial charge in [-0.2, -0.15) is 4.57 Å². The van der Waals surface area contributed by atoms with Gasteiger partial charge in [-0.25, -0.2) is 5.43 Å². The molecule has 20 heavy (non-hydrogen) atoms. The molecular weight excluding hydrogens is 254 g/mol. The Bertz CT molecular complexity index is 612. The predicted molar refractivity (Wildman–Crippen MR) is 73.9 cm³/mol. The van der Waals surface area contributed by atoms with Gasteiger partial charge < -0.3 is 0 Å². The number of aromatic nitrogens is 1. The van der Waals surface area contributed by atoms with Crippen LogP contribution in [0.3, 0.4) is 0 Å². The van der Waals surface area contributed by atoms with E-state index in [-0.39, 0.29) is 18.2 Å². The number of ketones is 1. The van der Waals surface area contributed by atoms with Crippen LogP contribution in [0.1, 0.15) is 20.7 Å². The first-order chi connectivity index (χ1) is 9.70. The zero-order valence-corrected chi connectivity index (χ0v) is 11.2. The minimum Gasteiger partial charge on any atom is -0.288 e. The third kappa shape index (κ3) is 3.49. The summed E-state index contributed by atoms with van der Waals surface area (Å²) in [5.41, 5.74) is 6.21. The van der Waals surface area contributed by atoms with E-state index in [2.05, 4.69) is 10.9 Å². The number of hydrogen-bond donors (Lipinski definition) is 2. The Morgan fingerprint density at radius 3 is 2.45 bits per heavy atom. The van der Waals surface area contributed by atoms with E-state index in [4.69, 9.17) is 0 Å². The smallest absolute Gasteiger partial charge is 0.271 e. The highest BCUT2D eigenvalue weighted by atomic mass is 16.2. The lowest BCUT2D eigenvalue weighted by Gasteiger charge is -2.02. The molecule has 0 saturated heterocycles. The Morgan fingerprint density at radius 1 is 1.05 bits per heavy atom. The third-order valence-corrected chi connectivity index (χ3v) is 2.78. The Balaban J connectivity index is 2.12. The summed E-state index contributed by atoms with van der Waals surface area (Å²) in [7, 11) is 1.62. The summed E-state index contributed by atoms with van der Waals surface area (Å²) in [6.07, 6.45) is 3.41. The van der Waals surface area contributed by atoms with Crippen LogP contribution < -0.4 is 15.4 Å². The molecule has 0 spiro atoms. The molecule has 2 N–H and O–H groups in total. The van der Waals surface area contributed by atoms with Crippen molar-refractivity contribution in [3.63, 3.8) is 0 Å². The first-order valence-corrected chi connectivity index (χ1v) is 6.25. The number of Topliss-reactive ketones (excluding diaryl/α,β-unsaturated/α-hetero) is 1. The van der Waals surface area contributed by atoms with Gasteiger partial charge in [-0.1, -0.05) is 30.3 Å². The molecule has 0 atom stereocenters. The van der Waals surface area contributed by atoms with Gasteiger partial charge in [0.2, 0.25) is 12.3 Å². The van der Waals surface area contributed by atoms with Crippen molar-refractivity contribution in [2.75, 3.05) is 7.05 Å². The first kappa shape index (κ1) is 13.9. The molecule has 0 bridgehead atoms. The van der Waals surface area contributed by atoms with Crippen molar-refractivity contribution in [2.45, 2.75) is 6.54 Å². The van der Waals surface area contributed by atoms with Crippen LogP contribution in [0.4, 0.5) is 0 Å². The van der Waals surface area contributed by atoms with Crippen LogP contribution in [0.25, 0.3) is 0 Å². The fraction of sp³-hybridized carbons (Fsp3) is 0.133. The standard InChI is InChI=1S/C15H15N3O2/c1-16-17-15(20)13-8-5-9-18(10-13)11-14(19)12-6-3-2-4-7-12/h2-10,16H,11H2,1H3/p+1. The monoisotopic (exact) mass is 270 g/mol. The molecule has 5 heteroatoms. The molecule has 1 aromatic heterocycles. The Labute approximate surface area is 117 Å². The molecule has 0 aliphatic heterocycles. The molecule has 2 rings (SSSR count). The zero-order valence-electron chi connectivity index (χ0n) is 11.2. The second-order valence-electron chi connectivity index (χ2n) is 4.26. The van der Waals surface area contributed by atoms with E-state index in [0.29, 0.717) is 11.1 Å². The maximum Gasteiger partial charge on any atom is 0.271 e. The lowest BCUT2D eigenvalue weighted by Crippen LogP contribution is -2.40. The molecule has 0 aliphatic rings.